The molecule has 36 heavy (non-hydrogen) atoms. The fourth-order valence-electron chi connectivity index (χ4n) is 5.14. The molecular weight excluding hydrogens is 448 g/mol. The molecule has 0 saturated carbocycles. The second-order valence-corrected chi connectivity index (χ2v) is 10.2. The smallest absolute Gasteiger partial charge is 0.257 e. The Balaban J connectivity index is 1.87. The summed E-state index contributed by atoms with van der Waals surface area (Å²) in [5.74, 6) is 0.671. The first-order chi connectivity index (χ1) is 17.4. The molecule has 2 N–H and O–H groups in total. The van der Waals surface area contributed by atoms with E-state index in [-0.39, 0.29) is 23.4 Å². The lowest BCUT2D eigenvalue weighted by atomic mass is 9.94. The number of rotatable bonds is 9. The summed E-state index contributed by atoms with van der Waals surface area (Å²) in [5.41, 5.74) is 10.4. The molecule has 0 fully saturated rings. The van der Waals surface area contributed by atoms with Crippen molar-refractivity contribution >= 4 is 5.91 Å². The Morgan fingerprint density at radius 2 is 1.75 bits per heavy atom. The van der Waals surface area contributed by atoms with Crippen LogP contribution < -0.4 is 11.3 Å². The molecule has 1 aromatic heterocycles. The van der Waals surface area contributed by atoms with Gasteiger partial charge in [0.05, 0.1) is 18.3 Å². The largest absolute Gasteiger partial charge is 0.330 e. The van der Waals surface area contributed by atoms with E-state index in [9.17, 15) is 9.59 Å². The van der Waals surface area contributed by atoms with E-state index >= 15 is 0 Å². The van der Waals surface area contributed by atoms with E-state index in [1.54, 1.807) is 0 Å². The Morgan fingerprint density at radius 1 is 1.06 bits per heavy atom. The topological polar surface area (TPSA) is 81.2 Å². The number of carbonyl (C=O) groups is 1. The maximum absolute atomic E-state index is 13.9. The Kier molecular flexibility index (Phi) is 8.36. The van der Waals surface area contributed by atoms with Gasteiger partial charge in [-0.2, -0.15) is 0 Å². The molecule has 1 aliphatic rings. The predicted molar refractivity (Wildman–Crippen MR) is 144 cm³/mol. The van der Waals surface area contributed by atoms with Gasteiger partial charge in [0.1, 0.15) is 5.82 Å². The lowest BCUT2D eigenvalue weighted by Crippen LogP contribution is -2.43. The highest BCUT2D eigenvalue weighted by molar-refractivity contribution is 5.94. The van der Waals surface area contributed by atoms with Crippen molar-refractivity contribution in [3.8, 4) is 0 Å². The third-order valence-electron chi connectivity index (χ3n) is 7.05. The summed E-state index contributed by atoms with van der Waals surface area (Å²) in [6.07, 6.45) is 4.30. The van der Waals surface area contributed by atoms with Gasteiger partial charge in [0.2, 0.25) is 0 Å². The van der Waals surface area contributed by atoms with Crippen LogP contribution in [0.15, 0.2) is 59.4 Å². The highest BCUT2D eigenvalue weighted by Crippen LogP contribution is 2.31. The first-order valence-electron chi connectivity index (χ1n) is 13.1. The molecule has 6 heteroatoms. The maximum atomic E-state index is 13.9. The molecule has 6 nitrogen and oxygen atoms in total. The van der Waals surface area contributed by atoms with Crippen molar-refractivity contribution in [1.29, 1.82) is 0 Å². The average Bonchev–Trinajstić information content (AvgIpc) is 2.89. The van der Waals surface area contributed by atoms with Crippen LogP contribution >= 0.6 is 0 Å². The minimum Gasteiger partial charge on any atom is -0.330 e. The normalized spacial score (nSPS) is 13.9. The molecule has 190 valence electrons. The lowest BCUT2D eigenvalue weighted by Gasteiger charge is -2.36. The number of amides is 1. The standard InChI is InChI=1S/C30H38N4O2/c1-21(2)27(33(19-9-18-31)29(35)24-16-14-22(3)15-17-24)28-32-26-13-8-7-12-25(26)30(36)34(28)20-23-10-5-4-6-11-23/h4-6,10-11,14-17,21,27H,7-9,12-13,18-20,31H2,1-3H3. The van der Waals surface area contributed by atoms with Gasteiger partial charge in [0, 0.05) is 17.7 Å². The van der Waals surface area contributed by atoms with E-state index < -0.39 is 0 Å². The molecule has 3 aromatic rings. The Bertz CT molecular complexity index is 1230. The molecule has 0 radical (unpaired) electrons. The summed E-state index contributed by atoms with van der Waals surface area (Å²) in [4.78, 5) is 34.8. The van der Waals surface area contributed by atoms with Gasteiger partial charge in [0.25, 0.3) is 11.5 Å². The summed E-state index contributed by atoms with van der Waals surface area (Å²) < 4.78 is 1.82. The average molecular weight is 487 g/mol. The van der Waals surface area contributed by atoms with Crippen molar-refractivity contribution in [2.45, 2.75) is 65.5 Å². The summed E-state index contributed by atoms with van der Waals surface area (Å²) in [6.45, 7) is 7.63. The summed E-state index contributed by atoms with van der Waals surface area (Å²) in [6, 6.07) is 17.3. The first kappa shape index (κ1) is 25.8. The maximum Gasteiger partial charge on any atom is 0.257 e. The highest BCUT2D eigenvalue weighted by Gasteiger charge is 2.33. The number of nitrogens with zero attached hydrogens (tertiary/aromatic N) is 3. The van der Waals surface area contributed by atoms with Gasteiger partial charge >= 0.3 is 0 Å². The quantitative estimate of drug-likeness (QED) is 0.477. The third-order valence-corrected chi connectivity index (χ3v) is 7.05. The molecule has 0 bridgehead atoms. The predicted octanol–water partition coefficient (Wildman–Crippen LogP) is 4.67. The summed E-state index contributed by atoms with van der Waals surface area (Å²) in [5, 5.41) is 0. The highest BCUT2D eigenvalue weighted by atomic mass is 16.2. The number of aryl methyl sites for hydroxylation is 2. The second-order valence-electron chi connectivity index (χ2n) is 10.2. The van der Waals surface area contributed by atoms with E-state index in [4.69, 9.17) is 10.7 Å². The molecule has 0 saturated heterocycles. The van der Waals surface area contributed by atoms with Crippen LogP contribution in [-0.4, -0.2) is 33.4 Å². The first-order valence-corrected chi connectivity index (χ1v) is 13.1. The summed E-state index contributed by atoms with van der Waals surface area (Å²) in [7, 11) is 0. The number of hydrogen-bond donors (Lipinski definition) is 1. The van der Waals surface area contributed by atoms with Crippen LogP contribution in [0, 0.1) is 12.8 Å². The van der Waals surface area contributed by atoms with E-state index in [0.717, 1.165) is 48.1 Å². The van der Waals surface area contributed by atoms with Crippen molar-refractivity contribution in [2.24, 2.45) is 11.7 Å². The number of fused-ring (bicyclic) bond motifs is 1. The molecular formula is C30H38N4O2. The van der Waals surface area contributed by atoms with Gasteiger partial charge in [-0.15, -0.1) is 0 Å². The van der Waals surface area contributed by atoms with Crippen LogP contribution in [0.1, 0.15) is 77.7 Å². The number of hydrogen-bond acceptors (Lipinski definition) is 4. The third kappa shape index (κ3) is 5.59. The van der Waals surface area contributed by atoms with Crippen LogP contribution in [0.2, 0.25) is 0 Å². The fourth-order valence-corrected chi connectivity index (χ4v) is 5.14. The molecule has 4 rings (SSSR count). The van der Waals surface area contributed by atoms with Gasteiger partial charge in [-0.05, 0) is 69.2 Å². The van der Waals surface area contributed by atoms with Crippen molar-refractivity contribution in [3.63, 3.8) is 0 Å². The van der Waals surface area contributed by atoms with Crippen LogP contribution in [0.5, 0.6) is 0 Å². The van der Waals surface area contributed by atoms with Crippen LogP contribution in [0.3, 0.4) is 0 Å². The SMILES string of the molecule is Cc1ccc(C(=O)N(CCCN)C(c2nc3c(c(=O)n2Cc2ccccc2)CCCC3)C(C)C)cc1. The van der Waals surface area contributed by atoms with Crippen molar-refractivity contribution in [3.05, 3.63) is 98.7 Å². The van der Waals surface area contributed by atoms with Crippen molar-refractivity contribution in [1.82, 2.24) is 14.5 Å². The van der Waals surface area contributed by atoms with Crippen LogP contribution in [0.25, 0.3) is 0 Å². The van der Waals surface area contributed by atoms with E-state index in [2.05, 4.69) is 13.8 Å². The van der Waals surface area contributed by atoms with Crippen molar-refractivity contribution < 1.29 is 4.79 Å². The number of benzene rings is 2. The zero-order valence-electron chi connectivity index (χ0n) is 21.7. The Labute approximate surface area is 214 Å². The van der Waals surface area contributed by atoms with Gasteiger partial charge in [0.15, 0.2) is 0 Å². The Morgan fingerprint density at radius 3 is 2.42 bits per heavy atom. The Hall–Kier alpha value is -3.25. The molecule has 2 aromatic carbocycles. The van der Waals surface area contributed by atoms with Gasteiger partial charge in [-0.1, -0.05) is 61.9 Å². The monoisotopic (exact) mass is 486 g/mol. The minimum absolute atomic E-state index is 0.0331. The fraction of sp³-hybridized carbons (Fsp3) is 0.433. The molecule has 0 spiro atoms. The number of nitrogens with two attached hydrogens (primary N) is 1. The van der Waals surface area contributed by atoms with Gasteiger partial charge in [-0.25, -0.2) is 4.98 Å². The lowest BCUT2D eigenvalue weighted by molar-refractivity contribution is 0.0601. The summed E-state index contributed by atoms with van der Waals surface area (Å²) >= 11 is 0. The van der Waals surface area contributed by atoms with E-state index in [1.807, 2.05) is 71.0 Å². The number of carbonyl (C=O) groups excluding carboxylic acids is 1. The minimum atomic E-state index is -0.353. The molecule has 0 aliphatic heterocycles. The molecule has 1 aliphatic carbocycles. The van der Waals surface area contributed by atoms with E-state index in [0.29, 0.717) is 37.4 Å². The molecule has 1 amide bonds. The zero-order valence-corrected chi connectivity index (χ0v) is 21.7. The second kappa shape index (κ2) is 11.7. The van der Waals surface area contributed by atoms with Crippen molar-refractivity contribution in [2.75, 3.05) is 13.1 Å². The zero-order chi connectivity index (χ0) is 25.7. The van der Waals surface area contributed by atoms with Crippen LogP contribution in [-0.2, 0) is 19.4 Å². The van der Waals surface area contributed by atoms with E-state index in [1.165, 1.54) is 0 Å². The molecule has 1 unspecified atom stereocenters. The molecule has 1 heterocycles. The van der Waals surface area contributed by atoms with Gasteiger partial charge < -0.3 is 10.6 Å². The number of aromatic nitrogens is 2. The van der Waals surface area contributed by atoms with Crippen LogP contribution in [0.4, 0.5) is 0 Å². The molecule has 1 atom stereocenters. The van der Waals surface area contributed by atoms with Gasteiger partial charge in [-0.3, -0.25) is 14.2 Å².